The molecule has 1 fully saturated rings. The Kier molecular flexibility index (Phi) is 5.06. The fraction of sp³-hybridized carbons (Fsp3) is 0.643. The summed E-state index contributed by atoms with van der Waals surface area (Å²) < 4.78 is 27.1. The van der Waals surface area contributed by atoms with Crippen LogP contribution in [-0.2, 0) is 14.8 Å². The number of hydrogen-bond donors (Lipinski definition) is 0. The van der Waals surface area contributed by atoms with Crippen molar-refractivity contribution in [1.82, 2.24) is 9.21 Å². The number of aryl methyl sites for hydroxylation is 1. The Labute approximate surface area is 130 Å². The van der Waals surface area contributed by atoms with Crippen molar-refractivity contribution in [2.45, 2.75) is 31.4 Å². The summed E-state index contributed by atoms with van der Waals surface area (Å²) in [5, 5.41) is 0. The highest BCUT2D eigenvalue weighted by molar-refractivity contribution is 7.91. The van der Waals surface area contributed by atoms with E-state index in [1.165, 1.54) is 15.6 Å². The third-order valence-electron chi connectivity index (χ3n) is 3.57. The number of nitrogens with zero attached hydrogens (tertiary/aromatic N) is 2. The molecule has 1 aliphatic heterocycles. The molecule has 1 aromatic rings. The van der Waals surface area contributed by atoms with Gasteiger partial charge in [0.1, 0.15) is 4.21 Å². The minimum absolute atomic E-state index is 0.0481. The van der Waals surface area contributed by atoms with E-state index >= 15 is 0 Å². The molecule has 1 aliphatic rings. The molecule has 2 heterocycles. The van der Waals surface area contributed by atoms with Gasteiger partial charge < -0.3 is 4.90 Å². The van der Waals surface area contributed by atoms with E-state index in [0.29, 0.717) is 36.8 Å². The standard InChI is InChI=1S/C14H22N2O3S2/c1-11(2)14(17)15-7-4-8-16(10-9-15)21(18,19)13-6-5-12(3)20-13/h5-6,11H,4,7-10H2,1-3H3. The van der Waals surface area contributed by atoms with Crippen molar-refractivity contribution in [2.75, 3.05) is 26.2 Å². The van der Waals surface area contributed by atoms with Crippen LogP contribution in [0.5, 0.6) is 0 Å². The molecule has 0 saturated carbocycles. The Morgan fingerprint density at radius 1 is 1.19 bits per heavy atom. The molecule has 0 atom stereocenters. The van der Waals surface area contributed by atoms with Crippen molar-refractivity contribution >= 4 is 27.3 Å². The molecule has 5 nitrogen and oxygen atoms in total. The molecule has 0 radical (unpaired) electrons. The molecular formula is C14H22N2O3S2. The van der Waals surface area contributed by atoms with Crippen LogP contribution in [0.15, 0.2) is 16.3 Å². The van der Waals surface area contributed by atoms with E-state index in [-0.39, 0.29) is 11.8 Å². The molecule has 0 unspecified atom stereocenters. The number of hydrogen-bond acceptors (Lipinski definition) is 4. The van der Waals surface area contributed by atoms with Crippen molar-refractivity contribution in [3.8, 4) is 0 Å². The van der Waals surface area contributed by atoms with E-state index in [0.717, 1.165) is 4.88 Å². The Morgan fingerprint density at radius 3 is 2.48 bits per heavy atom. The molecule has 1 aromatic heterocycles. The van der Waals surface area contributed by atoms with Gasteiger partial charge in [0.2, 0.25) is 5.91 Å². The van der Waals surface area contributed by atoms with Crippen LogP contribution in [-0.4, -0.2) is 49.7 Å². The molecule has 1 amide bonds. The van der Waals surface area contributed by atoms with Crippen LogP contribution in [0.4, 0.5) is 0 Å². The molecule has 1 saturated heterocycles. The van der Waals surface area contributed by atoms with Gasteiger partial charge in [-0.2, -0.15) is 4.31 Å². The number of sulfonamides is 1. The van der Waals surface area contributed by atoms with E-state index in [4.69, 9.17) is 0 Å². The summed E-state index contributed by atoms with van der Waals surface area (Å²) in [4.78, 5) is 14.8. The highest BCUT2D eigenvalue weighted by atomic mass is 32.2. The van der Waals surface area contributed by atoms with Crippen LogP contribution >= 0.6 is 11.3 Å². The Balaban J connectivity index is 2.11. The first kappa shape index (κ1) is 16.5. The van der Waals surface area contributed by atoms with Crippen LogP contribution in [0.3, 0.4) is 0 Å². The summed E-state index contributed by atoms with van der Waals surface area (Å²) >= 11 is 1.30. The quantitative estimate of drug-likeness (QED) is 0.851. The fourth-order valence-electron chi connectivity index (χ4n) is 2.40. The molecular weight excluding hydrogens is 308 g/mol. The second-order valence-corrected chi connectivity index (χ2v) is 9.06. The van der Waals surface area contributed by atoms with Gasteiger partial charge in [-0.3, -0.25) is 4.79 Å². The average Bonchev–Trinajstić information content (AvgIpc) is 2.72. The lowest BCUT2D eigenvalue weighted by Gasteiger charge is -2.23. The van der Waals surface area contributed by atoms with Crippen LogP contribution in [0.1, 0.15) is 25.1 Å². The molecule has 118 valence electrons. The average molecular weight is 330 g/mol. The van der Waals surface area contributed by atoms with E-state index < -0.39 is 10.0 Å². The third kappa shape index (κ3) is 3.64. The van der Waals surface area contributed by atoms with Gasteiger partial charge >= 0.3 is 0 Å². The molecule has 0 aromatic carbocycles. The largest absolute Gasteiger partial charge is 0.341 e. The smallest absolute Gasteiger partial charge is 0.252 e. The first-order valence-corrected chi connectivity index (χ1v) is 9.43. The van der Waals surface area contributed by atoms with Crippen molar-refractivity contribution in [3.63, 3.8) is 0 Å². The van der Waals surface area contributed by atoms with Crippen molar-refractivity contribution in [3.05, 3.63) is 17.0 Å². The molecule has 0 bridgehead atoms. The summed E-state index contributed by atoms with van der Waals surface area (Å²) in [5.74, 6) is 0.0503. The van der Waals surface area contributed by atoms with Crippen molar-refractivity contribution < 1.29 is 13.2 Å². The highest BCUT2D eigenvalue weighted by Gasteiger charge is 2.29. The number of carbonyl (C=O) groups is 1. The number of amides is 1. The second kappa shape index (κ2) is 6.46. The lowest BCUT2D eigenvalue weighted by molar-refractivity contribution is -0.134. The van der Waals surface area contributed by atoms with E-state index in [1.807, 2.05) is 26.8 Å². The topological polar surface area (TPSA) is 57.7 Å². The lowest BCUT2D eigenvalue weighted by Crippen LogP contribution is -2.38. The molecule has 2 rings (SSSR count). The summed E-state index contributed by atoms with van der Waals surface area (Å²) in [6, 6.07) is 3.49. The van der Waals surface area contributed by atoms with Crippen LogP contribution in [0.25, 0.3) is 0 Å². The third-order valence-corrected chi connectivity index (χ3v) is 6.94. The minimum Gasteiger partial charge on any atom is -0.341 e. The van der Waals surface area contributed by atoms with Gasteiger partial charge in [-0.25, -0.2) is 8.42 Å². The molecule has 21 heavy (non-hydrogen) atoms. The summed E-state index contributed by atoms with van der Waals surface area (Å²) in [6.45, 7) is 7.59. The first-order chi connectivity index (χ1) is 9.82. The number of rotatable bonds is 3. The maximum Gasteiger partial charge on any atom is 0.252 e. The van der Waals surface area contributed by atoms with Crippen molar-refractivity contribution in [2.24, 2.45) is 5.92 Å². The first-order valence-electron chi connectivity index (χ1n) is 7.17. The zero-order chi connectivity index (χ0) is 15.6. The maximum atomic E-state index is 12.6. The molecule has 0 N–H and O–H groups in total. The Bertz CT molecular complexity index is 607. The predicted molar refractivity (Wildman–Crippen MR) is 83.8 cm³/mol. The zero-order valence-electron chi connectivity index (χ0n) is 12.7. The van der Waals surface area contributed by atoms with Gasteiger partial charge in [0, 0.05) is 37.0 Å². The number of carbonyl (C=O) groups excluding carboxylic acids is 1. The van der Waals surface area contributed by atoms with Gasteiger partial charge in [0.05, 0.1) is 0 Å². The van der Waals surface area contributed by atoms with Gasteiger partial charge in [-0.15, -0.1) is 11.3 Å². The Hall–Kier alpha value is -0.920. The highest BCUT2D eigenvalue weighted by Crippen LogP contribution is 2.25. The minimum atomic E-state index is -3.42. The Morgan fingerprint density at radius 2 is 1.90 bits per heavy atom. The van der Waals surface area contributed by atoms with E-state index in [1.54, 1.807) is 11.0 Å². The summed E-state index contributed by atoms with van der Waals surface area (Å²) in [6.07, 6.45) is 0.683. The monoisotopic (exact) mass is 330 g/mol. The van der Waals surface area contributed by atoms with Crippen LogP contribution in [0, 0.1) is 12.8 Å². The summed E-state index contributed by atoms with van der Waals surface area (Å²) in [7, 11) is -3.42. The van der Waals surface area contributed by atoms with Crippen LogP contribution in [0.2, 0.25) is 0 Å². The normalized spacial score (nSPS) is 18.0. The van der Waals surface area contributed by atoms with Gasteiger partial charge in [-0.1, -0.05) is 13.8 Å². The summed E-state index contributed by atoms with van der Waals surface area (Å²) in [5.41, 5.74) is 0. The molecule has 0 spiro atoms. The van der Waals surface area contributed by atoms with E-state index in [2.05, 4.69) is 0 Å². The second-order valence-electron chi connectivity index (χ2n) is 5.60. The fourth-order valence-corrected chi connectivity index (χ4v) is 5.30. The number of thiophene rings is 1. The van der Waals surface area contributed by atoms with Gasteiger partial charge in [0.25, 0.3) is 10.0 Å². The van der Waals surface area contributed by atoms with Gasteiger partial charge in [-0.05, 0) is 25.5 Å². The zero-order valence-corrected chi connectivity index (χ0v) is 14.3. The van der Waals surface area contributed by atoms with Gasteiger partial charge in [0.15, 0.2) is 0 Å². The SMILES string of the molecule is Cc1ccc(S(=O)(=O)N2CCCN(C(=O)C(C)C)CC2)s1. The predicted octanol–water partition coefficient (Wildman–Crippen LogP) is 1.94. The molecule has 7 heteroatoms. The van der Waals surface area contributed by atoms with Crippen LogP contribution < -0.4 is 0 Å². The van der Waals surface area contributed by atoms with Crippen molar-refractivity contribution in [1.29, 1.82) is 0 Å². The van der Waals surface area contributed by atoms with E-state index in [9.17, 15) is 13.2 Å². The lowest BCUT2D eigenvalue weighted by atomic mass is 10.2. The maximum absolute atomic E-state index is 12.6. The molecule has 0 aliphatic carbocycles.